The van der Waals surface area contributed by atoms with Crippen LogP contribution in [0.4, 0.5) is 0 Å². The molecule has 0 radical (unpaired) electrons. The van der Waals surface area contributed by atoms with Gasteiger partial charge in [0.25, 0.3) is 0 Å². The van der Waals surface area contributed by atoms with Gasteiger partial charge in [0.2, 0.25) is 0 Å². The minimum atomic E-state index is 0.872. The summed E-state index contributed by atoms with van der Waals surface area (Å²) < 4.78 is 6.24. The van der Waals surface area contributed by atoms with Gasteiger partial charge in [-0.15, -0.1) is 0 Å². The van der Waals surface area contributed by atoms with E-state index in [9.17, 15) is 0 Å². The summed E-state index contributed by atoms with van der Waals surface area (Å²) in [5.41, 5.74) is 7.16. The second-order valence-corrected chi connectivity index (χ2v) is 10.5. The van der Waals surface area contributed by atoms with E-state index in [1.54, 1.807) is 0 Å². The summed E-state index contributed by atoms with van der Waals surface area (Å²) >= 11 is 0. The first-order chi connectivity index (χ1) is 20.3. The number of furan rings is 1. The summed E-state index contributed by atoms with van der Waals surface area (Å²) in [5, 5.41) is 7.57. The lowest BCUT2D eigenvalue weighted by Gasteiger charge is -2.19. The van der Waals surface area contributed by atoms with Crippen LogP contribution in [0.2, 0.25) is 0 Å². The van der Waals surface area contributed by atoms with Crippen LogP contribution in [0.15, 0.2) is 162 Å². The van der Waals surface area contributed by atoms with Crippen molar-refractivity contribution >= 4 is 32.3 Å². The van der Waals surface area contributed by atoms with Gasteiger partial charge in [0, 0.05) is 11.1 Å². The van der Waals surface area contributed by atoms with Gasteiger partial charge in [0.1, 0.15) is 11.5 Å². The van der Waals surface area contributed by atoms with Crippen molar-refractivity contribution in [1.29, 1.82) is 0 Å². The molecule has 192 valence electrons. The molecule has 0 bridgehead atoms. The lowest BCUT2D eigenvalue weighted by atomic mass is 9.84. The first-order valence-corrected chi connectivity index (χ1v) is 14.0. The van der Waals surface area contributed by atoms with Gasteiger partial charge in [0.15, 0.2) is 0 Å². The van der Waals surface area contributed by atoms with E-state index < -0.39 is 0 Å². The van der Waals surface area contributed by atoms with E-state index in [1.165, 1.54) is 54.6 Å². The summed E-state index contributed by atoms with van der Waals surface area (Å²) in [5.74, 6) is 1.75. The lowest BCUT2D eigenvalue weighted by molar-refractivity contribution is 0.597. The van der Waals surface area contributed by atoms with E-state index >= 15 is 0 Å². The minimum absolute atomic E-state index is 0.872. The summed E-state index contributed by atoms with van der Waals surface area (Å²) in [4.78, 5) is 0. The molecule has 0 aliphatic heterocycles. The Morgan fingerprint density at radius 3 is 1.39 bits per heavy atom. The average molecular weight is 523 g/mol. The summed E-state index contributed by atoms with van der Waals surface area (Å²) in [7, 11) is 0. The second kappa shape index (κ2) is 9.66. The number of fused-ring (bicyclic) bond motifs is 3. The minimum Gasteiger partial charge on any atom is -0.456 e. The lowest BCUT2D eigenvalue weighted by Crippen LogP contribution is -1.91. The van der Waals surface area contributed by atoms with Gasteiger partial charge in [-0.1, -0.05) is 146 Å². The normalized spacial score (nSPS) is 11.4. The van der Waals surface area contributed by atoms with Crippen molar-refractivity contribution in [3.05, 3.63) is 158 Å². The van der Waals surface area contributed by atoms with Gasteiger partial charge in [-0.25, -0.2) is 0 Å². The molecule has 41 heavy (non-hydrogen) atoms. The third-order valence-electron chi connectivity index (χ3n) is 8.11. The summed E-state index contributed by atoms with van der Waals surface area (Å²) in [6.45, 7) is 0. The maximum atomic E-state index is 6.24. The third-order valence-corrected chi connectivity index (χ3v) is 8.11. The monoisotopic (exact) mass is 522 g/mol. The molecule has 0 fully saturated rings. The van der Waals surface area contributed by atoms with Crippen LogP contribution >= 0.6 is 0 Å². The molecule has 0 saturated carbocycles. The number of hydrogen-bond donors (Lipinski definition) is 0. The molecule has 1 nitrogen and oxygen atoms in total. The molecule has 1 heteroatoms. The van der Waals surface area contributed by atoms with Crippen molar-refractivity contribution in [1.82, 2.24) is 0 Å². The first-order valence-electron chi connectivity index (χ1n) is 14.0. The fourth-order valence-corrected chi connectivity index (χ4v) is 6.22. The number of rotatable bonds is 4. The van der Waals surface area contributed by atoms with Crippen molar-refractivity contribution in [2.45, 2.75) is 0 Å². The Bertz CT molecular complexity index is 2120. The fourth-order valence-electron chi connectivity index (χ4n) is 6.22. The SMILES string of the molecule is c1ccc(-c2ccc(-c3ccc(-c4c5ccccc5c(-c5cccc6ccccc56)c5ccccc45)cc3)o2)cc1. The summed E-state index contributed by atoms with van der Waals surface area (Å²) in [6.07, 6.45) is 0. The second-order valence-electron chi connectivity index (χ2n) is 10.5. The zero-order valence-corrected chi connectivity index (χ0v) is 22.4. The van der Waals surface area contributed by atoms with Crippen LogP contribution in [-0.4, -0.2) is 0 Å². The zero-order chi connectivity index (χ0) is 27.2. The van der Waals surface area contributed by atoms with Crippen molar-refractivity contribution in [2.75, 3.05) is 0 Å². The molecule has 0 N–H and O–H groups in total. The molecule has 8 aromatic rings. The molecule has 0 atom stereocenters. The molecule has 0 aliphatic rings. The van der Waals surface area contributed by atoms with Gasteiger partial charge in [-0.05, 0) is 66.7 Å². The standard InChI is InChI=1S/C40H26O/c1-2-12-28(13-3-1)37-25-26-38(41-37)29-21-23-30(24-22-29)39-33-16-6-8-18-35(33)40(36-19-9-7-17-34(36)39)32-20-10-14-27-11-4-5-15-31(27)32/h1-26H. The van der Waals surface area contributed by atoms with Crippen molar-refractivity contribution < 1.29 is 4.42 Å². The first kappa shape index (κ1) is 23.5. The molecule has 0 unspecified atom stereocenters. The topological polar surface area (TPSA) is 13.1 Å². The number of benzene rings is 7. The molecular weight excluding hydrogens is 496 g/mol. The largest absolute Gasteiger partial charge is 0.456 e. The van der Waals surface area contributed by atoms with Crippen molar-refractivity contribution in [2.24, 2.45) is 0 Å². The molecule has 1 aromatic heterocycles. The molecule has 0 amide bonds. The number of hydrogen-bond acceptors (Lipinski definition) is 1. The maximum Gasteiger partial charge on any atom is 0.134 e. The van der Waals surface area contributed by atoms with E-state index in [2.05, 4.69) is 133 Å². The Morgan fingerprint density at radius 1 is 0.293 bits per heavy atom. The van der Waals surface area contributed by atoms with Crippen LogP contribution in [0.5, 0.6) is 0 Å². The Kier molecular flexibility index (Phi) is 5.53. The summed E-state index contributed by atoms with van der Waals surface area (Å²) in [6, 6.07) is 56.1. The van der Waals surface area contributed by atoms with Gasteiger partial charge in [-0.2, -0.15) is 0 Å². The predicted molar refractivity (Wildman–Crippen MR) is 173 cm³/mol. The van der Waals surface area contributed by atoms with Gasteiger partial charge in [0.05, 0.1) is 0 Å². The molecule has 0 aliphatic carbocycles. The Hall–Kier alpha value is -5.40. The highest BCUT2D eigenvalue weighted by atomic mass is 16.3. The highest BCUT2D eigenvalue weighted by Crippen LogP contribution is 2.45. The molecule has 1 heterocycles. The van der Waals surface area contributed by atoms with Crippen molar-refractivity contribution in [3.8, 4) is 44.9 Å². The molecule has 7 aromatic carbocycles. The quantitative estimate of drug-likeness (QED) is 0.210. The Labute approximate surface area is 238 Å². The maximum absolute atomic E-state index is 6.24. The van der Waals surface area contributed by atoms with Crippen LogP contribution in [0.1, 0.15) is 0 Å². The highest BCUT2D eigenvalue weighted by molar-refractivity contribution is 6.23. The van der Waals surface area contributed by atoms with Gasteiger partial charge >= 0.3 is 0 Å². The molecule has 8 rings (SSSR count). The Morgan fingerprint density at radius 2 is 0.756 bits per heavy atom. The van der Waals surface area contributed by atoms with E-state index in [4.69, 9.17) is 4.42 Å². The average Bonchev–Trinajstić information content (AvgIpc) is 3.55. The van der Waals surface area contributed by atoms with Crippen LogP contribution in [0.3, 0.4) is 0 Å². The van der Waals surface area contributed by atoms with Crippen LogP contribution in [0, 0.1) is 0 Å². The fraction of sp³-hybridized carbons (Fsp3) is 0. The third kappa shape index (κ3) is 3.94. The van der Waals surface area contributed by atoms with Gasteiger partial charge < -0.3 is 4.42 Å². The van der Waals surface area contributed by atoms with E-state index in [1.807, 2.05) is 24.3 Å². The Balaban J connectivity index is 1.31. The van der Waals surface area contributed by atoms with Crippen LogP contribution in [-0.2, 0) is 0 Å². The molecule has 0 spiro atoms. The van der Waals surface area contributed by atoms with E-state index in [0.717, 1.165) is 22.6 Å². The van der Waals surface area contributed by atoms with Crippen molar-refractivity contribution in [3.63, 3.8) is 0 Å². The van der Waals surface area contributed by atoms with Crippen LogP contribution in [0.25, 0.3) is 77.2 Å². The smallest absolute Gasteiger partial charge is 0.134 e. The van der Waals surface area contributed by atoms with Gasteiger partial charge in [-0.3, -0.25) is 0 Å². The van der Waals surface area contributed by atoms with E-state index in [0.29, 0.717) is 0 Å². The molecular formula is C40H26O. The molecule has 0 saturated heterocycles. The van der Waals surface area contributed by atoms with E-state index in [-0.39, 0.29) is 0 Å². The predicted octanol–water partition coefficient (Wildman–Crippen LogP) is 11.4. The zero-order valence-electron chi connectivity index (χ0n) is 22.4. The highest BCUT2D eigenvalue weighted by Gasteiger charge is 2.18. The van der Waals surface area contributed by atoms with Crippen LogP contribution < -0.4 is 0 Å².